The third-order valence-electron chi connectivity index (χ3n) is 6.02. The number of hydrogen-bond donors (Lipinski definition) is 1. The van der Waals surface area contributed by atoms with Gasteiger partial charge in [0.2, 0.25) is 5.91 Å². The lowest BCUT2D eigenvalue weighted by Gasteiger charge is -2.33. The molecule has 4 rings (SSSR count). The summed E-state index contributed by atoms with van der Waals surface area (Å²) in [7, 11) is 1.78. The molecule has 1 aliphatic heterocycles. The normalized spacial score (nSPS) is 16.3. The average Bonchev–Trinajstić information content (AvgIpc) is 2.84. The largest absolute Gasteiger partial charge is 0.380 e. The first-order chi connectivity index (χ1) is 15.2. The first-order valence-corrected chi connectivity index (χ1v) is 11.0. The van der Waals surface area contributed by atoms with Crippen LogP contribution in [0.4, 0.5) is 11.4 Å². The molecule has 1 fully saturated rings. The lowest BCUT2D eigenvalue weighted by Crippen LogP contribution is -2.39. The molecule has 3 aromatic carbocycles. The second-order valence-electron chi connectivity index (χ2n) is 8.12. The predicted molar refractivity (Wildman–Crippen MR) is 127 cm³/mol. The number of rotatable bonds is 7. The lowest BCUT2D eigenvalue weighted by atomic mass is 9.88. The van der Waals surface area contributed by atoms with Gasteiger partial charge in [0.05, 0.1) is 6.10 Å². The molecule has 1 amide bonds. The zero-order valence-corrected chi connectivity index (χ0v) is 18.0. The van der Waals surface area contributed by atoms with E-state index >= 15 is 0 Å². The fraction of sp³-hybridized carbons (Fsp3) is 0.296. The van der Waals surface area contributed by atoms with Gasteiger partial charge in [0, 0.05) is 43.9 Å². The van der Waals surface area contributed by atoms with Crippen LogP contribution in [0.3, 0.4) is 0 Å². The minimum absolute atomic E-state index is 0.0166. The molecule has 1 N–H and O–H groups in total. The summed E-state index contributed by atoms with van der Waals surface area (Å²) in [4.78, 5) is 15.3. The molecule has 3 aromatic rings. The van der Waals surface area contributed by atoms with Gasteiger partial charge >= 0.3 is 0 Å². The smallest absolute Gasteiger partial charge is 0.225 e. The van der Waals surface area contributed by atoms with Crippen molar-refractivity contribution in [3.8, 4) is 0 Å². The third kappa shape index (κ3) is 5.53. The van der Waals surface area contributed by atoms with Gasteiger partial charge in [-0.3, -0.25) is 4.79 Å². The molecular weight excluding hydrogens is 384 g/mol. The molecule has 0 radical (unpaired) electrons. The van der Waals surface area contributed by atoms with Gasteiger partial charge < -0.3 is 15.0 Å². The summed E-state index contributed by atoms with van der Waals surface area (Å²) < 4.78 is 5.53. The van der Waals surface area contributed by atoms with E-state index in [2.05, 4.69) is 46.6 Å². The van der Waals surface area contributed by atoms with Crippen LogP contribution in [0.25, 0.3) is 0 Å². The summed E-state index contributed by atoms with van der Waals surface area (Å²) in [6.45, 7) is 1.96. The molecule has 0 aromatic heterocycles. The number of hydrogen-bond acceptors (Lipinski definition) is 3. The number of methoxy groups -OCH3 is 1. The topological polar surface area (TPSA) is 41.6 Å². The minimum Gasteiger partial charge on any atom is -0.380 e. The van der Waals surface area contributed by atoms with E-state index < -0.39 is 0 Å². The van der Waals surface area contributed by atoms with Crippen LogP contribution in [0.2, 0.25) is 0 Å². The van der Waals surface area contributed by atoms with Crippen molar-refractivity contribution in [2.45, 2.75) is 31.3 Å². The molecular formula is C27H30N2O2. The van der Waals surface area contributed by atoms with Crippen molar-refractivity contribution in [1.82, 2.24) is 0 Å². The Morgan fingerprint density at radius 1 is 0.968 bits per heavy atom. The Morgan fingerprint density at radius 3 is 2.16 bits per heavy atom. The first-order valence-electron chi connectivity index (χ1n) is 11.0. The van der Waals surface area contributed by atoms with Crippen LogP contribution >= 0.6 is 0 Å². The van der Waals surface area contributed by atoms with Crippen molar-refractivity contribution in [3.05, 3.63) is 96.1 Å². The summed E-state index contributed by atoms with van der Waals surface area (Å²) in [6, 6.07) is 28.6. The molecule has 0 aliphatic carbocycles. The second kappa shape index (κ2) is 10.3. The van der Waals surface area contributed by atoms with Gasteiger partial charge in [-0.05, 0) is 48.2 Å². The third-order valence-corrected chi connectivity index (χ3v) is 6.02. The number of piperidine rings is 1. The first kappa shape index (κ1) is 21.1. The van der Waals surface area contributed by atoms with Gasteiger partial charge in [0.15, 0.2) is 0 Å². The van der Waals surface area contributed by atoms with Crippen molar-refractivity contribution < 1.29 is 9.53 Å². The number of carbonyl (C=O) groups is 1. The Balaban J connectivity index is 1.42. The highest BCUT2D eigenvalue weighted by molar-refractivity contribution is 5.91. The van der Waals surface area contributed by atoms with Crippen LogP contribution in [0.5, 0.6) is 0 Å². The quantitative estimate of drug-likeness (QED) is 0.558. The molecule has 1 saturated heterocycles. The maximum Gasteiger partial charge on any atom is 0.225 e. The van der Waals surface area contributed by atoms with E-state index in [0.29, 0.717) is 12.5 Å². The van der Waals surface area contributed by atoms with E-state index in [1.165, 1.54) is 5.69 Å². The van der Waals surface area contributed by atoms with Crippen LogP contribution in [0.15, 0.2) is 84.9 Å². The zero-order chi connectivity index (χ0) is 21.5. The standard InChI is InChI=1S/C27H30N2O2/c1-31-25-13-8-18-29(20-25)24-16-14-23(15-17-24)28-27(30)19-26(21-9-4-2-5-10-21)22-11-6-3-7-12-22/h2-7,9-12,14-17,25-26H,8,13,18-20H2,1H3,(H,28,30). The zero-order valence-electron chi connectivity index (χ0n) is 18.0. The maximum atomic E-state index is 12.9. The highest BCUT2D eigenvalue weighted by atomic mass is 16.5. The monoisotopic (exact) mass is 414 g/mol. The Labute approximate surface area is 184 Å². The molecule has 1 atom stereocenters. The maximum absolute atomic E-state index is 12.9. The number of benzene rings is 3. The summed E-state index contributed by atoms with van der Waals surface area (Å²) in [5.74, 6) is 0.0453. The van der Waals surface area contributed by atoms with Crippen molar-refractivity contribution >= 4 is 17.3 Å². The Kier molecular flexibility index (Phi) is 7.00. The molecule has 0 bridgehead atoms. The molecule has 0 spiro atoms. The highest BCUT2D eigenvalue weighted by Gasteiger charge is 2.20. The summed E-state index contributed by atoms with van der Waals surface area (Å²) in [5.41, 5.74) is 4.30. The predicted octanol–water partition coefficient (Wildman–Crippen LogP) is 5.46. The SMILES string of the molecule is COC1CCCN(c2ccc(NC(=O)CC(c3ccccc3)c3ccccc3)cc2)C1. The van der Waals surface area contributed by atoms with Gasteiger partial charge in [-0.15, -0.1) is 0 Å². The van der Waals surface area contributed by atoms with E-state index in [4.69, 9.17) is 4.74 Å². The number of ether oxygens (including phenoxy) is 1. The molecule has 1 aliphatic rings. The second-order valence-corrected chi connectivity index (χ2v) is 8.12. The number of nitrogens with zero attached hydrogens (tertiary/aromatic N) is 1. The number of carbonyl (C=O) groups excluding carboxylic acids is 1. The van der Waals surface area contributed by atoms with Crippen LogP contribution in [-0.2, 0) is 9.53 Å². The molecule has 4 nitrogen and oxygen atoms in total. The van der Waals surface area contributed by atoms with E-state index in [1.807, 2.05) is 48.5 Å². The summed E-state index contributed by atoms with van der Waals surface area (Å²) in [5, 5.41) is 3.08. The average molecular weight is 415 g/mol. The lowest BCUT2D eigenvalue weighted by molar-refractivity contribution is -0.116. The Bertz CT molecular complexity index is 918. The van der Waals surface area contributed by atoms with Gasteiger partial charge in [0.25, 0.3) is 0 Å². The van der Waals surface area contributed by atoms with Crippen molar-refractivity contribution in [2.75, 3.05) is 30.4 Å². The van der Waals surface area contributed by atoms with E-state index in [0.717, 1.165) is 42.7 Å². The van der Waals surface area contributed by atoms with Crippen molar-refractivity contribution in [3.63, 3.8) is 0 Å². The van der Waals surface area contributed by atoms with E-state index in [9.17, 15) is 4.79 Å². The fourth-order valence-electron chi connectivity index (χ4n) is 4.32. The Morgan fingerprint density at radius 2 is 1.58 bits per heavy atom. The molecule has 1 heterocycles. The van der Waals surface area contributed by atoms with Gasteiger partial charge in [-0.25, -0.2) is 0 Å². The van der Waals surface area contributed by atoms with E-state index in [-0.39, 0.29) is 11.8 Å². The van der Waals surface area contributed by atoms with Gasteiger partial charge in [-0.1, -0.05) is 60.7 Å². The van der Waals surface area contributed by atoms with Crippen LogP contribution in [-0.4, -0.2) is 32.2 Å². The van der Waals surface area contributed by atoms with Gasteiger partial charge in [0.1, 0.15) is 0 Å². The molecule has 0 saturated carbocycles. The minimum atomic E-state index is 0.0166. The number of nitrogens with one attached hydrogen (secondary N) is 1. The van der Waals surface area contributed by atoms with Crippen LogP contribution in [0, 0.1) is 0 Å². The Hall–Kier alpha value is -3.11. The number of anilines is 2. The fourth-order valence-corrected chi connectivity index (χ4v) is 4.32. The van der Waals surface area contributed by atoms with Gasteiger partial charge in [-0.2, -0.15) is 0 Å². The molecule has 31 heavy (non-hydrogen) atoms. The molecule has 4 heteroatoms. The van der Waals surface area contributed by atoms with Crippen LogP contribution in [0.1, 0.15) is 36.3 Å². The van der Waals surface area contributed by atoms with Crippen molar-refractivity contribution in [2.24, 2.45) is 0 Å². The molecule has 1 unspecified atom stereocenters. The summed E-state index contributed by atoms with van der Waals surface area (Å²) >= 11 is 0. The highest BCUT2D eigenvalue weighted by Crippen LogP contribution is 2.29. The molecule has 160 valence electrons. The number of amides is 1. The van der Waals surface area contributed by atoms with E-state index in [1.54, 1.807) is 7.11 Å². The summed E-state index contributed by atoms with van der Waals surface area (Å²) in [6.07, 6.45) is 2.95. The van der Waals surface area contributed by atoms with Crippen LogP contribution < -0.4 is 10.2 Å². The van der Waals surface area contributed by atoms with Crippen molar-refractivity contribution in [1.29, 1.82) is 0 Å².